The van der Waals surface area contributed by atoms with Crippen LogP contribution in [-0.4, -0.2) is 38.4 Å². The van der Waals surface area contributed by atoms with Gasteiger partial charge in [-0.3, -0.25) is 4.79 Å². The lowest BCUT2D eigenvalue weighted by atomic mass is 10.2. The minimum absolute atomic E-state index is 0.00726. The molecule has 112 valence electrons. The number of benzene rings is 1. The third-order valence-electron chi connectivity index (χ3n) is 2.76. The van der Waals surface area contributed by atoms with Crippen molar-refractivity contribution < 1.29 is 4.79 Å². The molecule has 0 saturated heterocycles. The van der Waals surface area contributed by atoms with Gasteiger partial charge in [0.05, 0.1) is 11.4 Å². The van der Waals surface area contributed by atoms with E-state index in [4.69, 9.17) is 0 Å². The van der Waals surface area contributed by atoms with Crippen LogP contribution in [0.5, 0.6) is 0 Å². The van der Waals surface area contributed by atoms with Crippen LogP contribution in [0.1, 0.15) is 19.4 Å². The summed E-state index contributed by atoms with van der Waals surface area (Å²) in [5.74, 6) is 0.739. The molecule has 0 aliphatic rings. The molecule has 0 radical (unpaired) electrons. The largest absolute Gasteiger partial charge is 0.355 e. The average molecular weight is 305 g/mol. The molecule has 1 aromatic heterocycles. The van der Waals surface area contributed by atoms with Gasteiger partial charge in [-0.05, 0) is 35.4 Å². The summed E-state index contributed by atoms with van der Waals surface area (Å²) in [5.41, 5.74) is 2.06. The predicted octanol–water partition coefficient (Wildman–Crippen LogP) is 1.84. The van der Waals surface area contributed by atoms with Crippen molar-refractivity contribution in [1.82, 2.24) is 25.5 Å². The molecule has 0 saturated carbocycles. The third-order valence-corrected chi connectivity index (χ3v) is 3.68. The Kier molecular flexibility index (Phi) is 5.32. The minimum atomic E-state index is -0.00726. The Balaban J connectivity index is 1.97. The molecule has 2 aromatic rings. The SMILES string of the molecule is Cc1ccc(-n2nnnc2SCC(=O)NCC(C)C)cc1. The lowest BCUT2D eigenvalue weighted by Crippen LogP contribution is -2.28. The molecule has 21 heavy (non-hydrogen) atoms. The molecule has 0 bridgehead atoms. The van der Waals surface area contributed by atoms with Gasteiger partial charge in [0.15, 0.2) is 0 Å². The standard InChI is InChI=1S/C14H19N5OS/c1-10(2)8-15-13(20)9-21-14-16-17-18-19(14)12-6-4-11(3)5-7-12/h4-7,10H,8-9H2,1-3H3,(H,15,20). The first-order valence-electron chi connectivity index (χ1n) is 6.81. The topological polar surface area (TPSA) is 72.7 Å². The smallest absolute Gasteiger partial charge is 0.230 e. The van der Waals surface area contributed by atoms with Gasteiger partial charge >= 0.3 is 0 Å². The second kappa shape index (κ2) is 7.21. The van der Waals surface area contributed by atoms with Gasteiger partial charge in [0.25, 0.3) is 0 Å². The predicted molar refractivity (Wildman–Crippen MR) is 82.5 cm³/mol. The molecule has 0 spiro atoms. The van der Waals surface area contributed by atoms with Crippen molar-refractivity contribution in [3.8, 4) is 5.69 Å². The van der Waals surface area contributed by atoms with Gasteiger partial charge in [0.1, 0.15) is 0 Å². The molecule has 7 heteroatoms. The van der Waals surface area contributed by atoms with Crippen LogP contribution < -0.4 is 5.32 Å². The Hall–Kier alpha value is -1.89. The number of carbonyl (C=O) groups is 1. The Labute approximate surface area is 128 Å². The molecule has 2 rings (SSSR count). The summed E-state index contributed by atoms with van der Waals surface area (Å²) in [5, 5.41) is 15.1. The van der Waals surface area contributed by atoms with E-state index in [1.807, 2.05) is 31.2 Å². The minimum Gasteiger partial charge on any atom is -0.355 e. The van der Waals surface area contributed by atoms with Crippen molar-refractivity contribution in [2.24, 2.45) is 5.92 Å². The molecule has 6 nitrogen and oxygen atoms in total. The summed E-state index contributed by atoms with van der Waals surface area (Å²) in [7, 11) is 0. The monoisotopic (exact) mass is 305 g/mol. The fourth-order valence-electron chi connectivity index (χ4n) is 1.62. The van der Waals surface area contributed by atoms with Gasteiger partial charge < -0.3 is 5.32 Å². The molecule has 0 unspecified atom stereocenters. The molecular formula is C14H19N5OS. The first kappa shape index (κ1) is 15.5. The van der Waals surface area contributed by atoms with Gasteiger partial charge in [-0.1, -0.05) is 43.3 Å². The van der Waals surface area contributed by atoms with Gasteiger partial charge in [0, 0.05) is 6.54 Å². The van der Waals surface area contributed by atoms with Crippen LogP contribution in [-0.2, 0) is 4.79 Å². The fourth-order valence-corrected chi connectivity index (χ4v) is 2.34. The lowest BCUT2D eigenvalue weighted by molar-refractivity contribution is -0.118. The number of tetrazole rings is 1. The fraction of sp³-hybridized carbons (Fsp3) is 0.429. The van der Waals surface area contributed by atoms with Gasteiger partial charge in [0.2, 0.25) is 11.1 Å². The number of amides is 1. The first-order valence-corrected chi connectivity index (χ1v) is 7.79. The summed E-state index contributed by atoms with van der Waals surface area (Å²) in [6.07, 6.45) is 0. The van der Waals surface area contributed by atoms with E-state index in [0.29, 0.717) is 23.4 Å². The zero-order valence-electron chi connectivity index (χ0n) is 12.4. The quantitative estimate of drug-likeness (QED) is 0.824. The Morgan fingerprint density at radius 2 is 2.05 bits per heavy atom. The van der Waals surface area contributed by atoms with E-state index in [1.54, 1.807) is 4.68 Å². The van der Waals surface area contributed by atoms with Crippen molar-refractivity contribution in [3.05, 3.63) is 29.8 Å². The Morgan fingerprint density at radius 1 is 1.33 bits per heavy atom. The Bertz CT molecular complexity index is 594. The van der Waals surface area contributed by atoms with Gasteiger partial charge in [-0.15, -0.1) is 5.10 Å². The normalized spacial score (nSPS) is 10.9. The second-order valence-electron chi connectivity index (χ2n) is 5.20. The molecule has 0 aliphatic heterocycles. The van der Waals surface area contributed by atoms with Crippen LogP contribution in [0.3, 0.4) is 0 Å². The molecule has 1 amide bonds. The summed E-state index contributed by atoms with van der Waals surface area (Å²) in [6, 6.07) is 7.91. The van der Waals surface area contributed by atoms with Crippen molar-refractivity contribution in [2.45, 2.75) is 25.9 Å². The summed E-state index contributed by atoms with van der Waals surface area (Å²) < 4.78 is 1.64. The van der Waals surface area contributed by atoms with E-state index in [0.717, 1.165) is 5.69 Å². The number of rotatable bonds is 6. The second-order valence-corrected chi connectivity index (χ2v) is 6.14. The highest BCUT2D eigenvalue weighted by atomic mass is 32.2. The molecule has 1 N–H and O–H groups in total. The van der Waals surface area contributed by atoms with Crippen LogP contribution in [0.2, 0.25) is 0 Å². The molecule has 1 aromatic carbocycles. The number of thioether (sulfide) groups is 1. The van der Waals surface area contributed by atoms with Crippen LogP contribution in [0.4, 0.5) is 0 Å². The van der Waals surface area contributed by atoms with Gasteiger partial charge in [-0.25, -0.2) is 0 Å². The zero-order valence-corrected chi connectivity index (χ0v) is 13.2. The molecular weight excluding hydrogens is 286 g/mol. The van der Waals surface area contributed by atoms with E-state index in [-0.39, 0.29) is 5.91 Å². The highest BCUT2D eigenvalue weighted by Crippen LogP contribution is 2.18. The molecule has 0 atom stereocenters. The summed E-state index contributed by atoms with van der Waals surface area (Å²) >= 11 is 1.33. The van der Waals surface area contributed by atoms with E-state index < -0.39 is 0 Å². The summed E-state index contributed by atoms with van der Waals surface area (Å²) in [6.45, 7) is 6.83. The average Bonchev–Trinajstić information content (AvgIpc) is 2.92. The first-order chi connectivity index (χ1) is 10.1. The maximum Gasteiger partial charge on any atom is 0.230 e. The zero-order chi connectivity index (χ0) is 15.2. The maximum atomic E-state index is 11.7. The number of hydrogen-bond donors (Lipinski definition) is 1. The third kappa shape index (κ3) is 4.56. The molecule has 0 aliphatic carbocycles. The van der Waals surface area contributed by atoms with E-state index in [1.165, 1.54) is 17.3 Å². The maximum absolute atomic E-state index is 11.7. The van der Waals surface area contributed by atoms with Crippen LogP contribution >= 0.6 is 11.8 Å². The highest BCUT2D eigenvalue weighted by Gasteiger charge is 2.11. The van der Waals surface area contributed by atoms with Crippen molar-refractivity contribution in [1.29, 1.82) is 0 Å². The van der Waals surface area contributed by atoms with Crippen LogP contribution in [0, 0.1) is 12.8 Å². The van der Waals surface area contributed by atoms with E-state index in [9.17, 15) is 4.79 Å². The van der Waals surface area contributed by atoms with Crippen LogP contribution in [0.15, 0.2) is 29.4 Å². The number of carbonyl (C=O) groups excluding carboxylic acids is 1. The number of nitrogens with zero attached hydrogens (tertiary/aromatic N) is 4. The van der Waals surface area contributed by atoms with Crippen molar-refractivity contribution >= 4 is 17.7 Å². The molecule has 0 fully saturated rings. The number of aryl methyl sites for hydroxylation is 1. The Morgan fingerprint density at radius 3 is 2.71 bits per heavy atom. The lowest BCUT2D eigenvalue weighted by Gasteiger charge is -2.07. The van der Waals surface area contributed by atoms with Crippen LogP contribution in [0.25, 0.3) is 5.69 Å². The number of hydrogen-bond acceptors (Lipinski definition) is 5. The van der Waals surface area contributed by atoms with E-state index in [2.05, 4.69) is 34.7 Å². The van der Waals surface area contributed by atoms with E-state index >= 15 is 0 Å². The van der Waals surface area contributed by atoms with Gasteiger partial charge in [-0.2, -0.15) is 4.68 Å². The van der Waals surface area contributed by atoms with Crippen molar-refractivity contribution in [3.63, 3.8) is 0 Å². The summed E-state index contributed by atoms with van der Waals surface area (Å²) in [4.78, 5) is 11.7. The highest BCUT2D eigenvalue weighted by molar-refractivity contribution is 7.99. The van der Waals surface area contributed by atoms with Crippen molar-refractivity contribution in [2.75, 3.05) is 12.3 Å². The molecule has 1 heterocycles. The number of nitrogens with one attached hydrogen (secondary N) is 1. The number of aromatic nitrogens is 4.